The summed E-state index contributed by atoms with van der Waals surface area (Å²) in [6.45, 7) is 10.4. The largest absolute Gasteiger partial charge is 0.462 e. The van der Waals surface area contributed by atoms with E-state index >= 15 is 0 Å². The highest BCUT2D eigenvalue weighted by molar-refractivity contribution is 5.91. The number of carbonyl (C=O) groups excluding carboxylic acids is 1. The first-order valence-corrected chi connectivity index (χ1v) is 8.38. The molecule has 5 heteroatoms. The van der Waals surface area contributed by atoms with Gasteiger partial charge in [0.15, 0.2) is 0 Å². The van der Waals surface area contributed by atoms with Crippen molar-refractivity contribution in [1.82, 2.24) is 10.2 Å². The molecule has 1 aliphatic heterocycles. The Labute approximate surface area is 138 Å². The molecule has 1 fully saturated rings. The molecule has 1 aromatic heterocycles. The van der Waals surface area contributed by atoms with Crippen molar-refractivity contribution in [3.63, 3.8) is 0 Å². The van der Waals surface area contributed by atoms with Gasteiger partial charge in [-0.25, -0.2) is 0 Å². The van der Waals surface area contributed by atoms with Gasteiger partial charge in [-0.1, -0.05) is 13.8 Å². The zero-order chi connectivity index (χ0) is 16.7. The number of amides is 1. The highest BCUT2D eigenvalue weighted by Gasteiger charge is 2.22. The first-order chi connectivity index (χ1) is 11.0. The summed E-state index contributed by atoms with van der Waals surface area (Å²) in [5.74, 6) is 2.06. The zero-order valence-electron chi connectivity index (χ0n) is 14.4. The third kappa shape index (κ3) is 6.20. The number of ether oxygens (including phenoxy) is 1. The maximum atomic E-state index is 12.0. The highest BCUT2D eigenvalue weighted by Crippen LogP contribution is 2.13. The van der Waals surface area contributed by atoms with Crippen LogP contribution in [0.3, 0.4) is 0 Å². The van der Waals surface area contributed by atoms with Crippen LogP contribution in [-0.2, 0) is 9.53 Å². The molecule has 1 saturated heterocycles. The Morgan fingerprint density at radius 2 is 2.09 bits per heavy atom. The molecule has 2 heterocycles. The fourth-order valence-corrected chi connectivity index (χ4v) is 2.83. The molecule has 0 aromatic carbocycles. The van der Waals surface area contributed by atoms with Gasteiger partial charge >= 0.3 is 0 Å². The van der Waals surface area contributed by atoms with Gasteiger partial charge in [0.2, 0.25) is 5.91 Å². The number of morpholine rings is 1. The van der Waals surface area contributed by atoms with Gasteiger partial charge < -0.3 is 14.5 Å². The van der Waals surface area contributed by atoms with Crippen molar-refractivity contribution < 1.29 is 13.9 Å². The van der Waals surface area contributed by atoms with Crippen molar-refractivity contribution in [3.8, 4) is 0 Å². The molecule has 0 bridgehead atoms. The third-order valence-corrected chi connectivity index (χ3v) is 3.98. The lowest BCUT2D eigenvalue weighted by atomic mass is 10.0. The number of furan rings is 1. The molecular weight excluding hydrogens is 292 g/mol. The minimum atomic E-state index is -0.0823. The Kier molecular flexibility index (Phi) is 6.86. The molecule has 1 aliphatic rings. The number of carbonyl (C=O) groups is 1. The Balaban J connectivity index is 1.84. The second kappa shape index (κ2) is 8.89. The second-order valence-electron chi connectivity index (χ2n) is 6.46. The van der Waals surface area contributed by atoms with Crippen molar-refractivity contribution in [1.29, 1.82) is 0 Å². The molecule has 23 heavy (non-hydrogen) atoms. The molecule has 1 N–H and O–H groups in total. The number of hydrogen-bond acceptors (Lipinski definition) is 4. The summed E-state index contributed by atoms with van der Waals surface area (Å²) in [4.78, 5) is 14.4. The van der Waals surface area contributed by atoms with Crippen molar-refractivity contribution >= 4 is 12.0 Å². The molecule has 0 radical (unpaired) electrons. The molecule has 0 spiro atoms. The van der Waals surface area contributed by atoms with Gasteiger partial charge in [-0.3, -0.25) is 9.69 Å². The van der Waals surface area contributed by atoms with E-state index in [4.69, 9.17) is 9.15 Å². The summed E-state index contributed by atoms with van der Waals surface area (Å²) in [5.41, 5.74) is 0. The van der Waals surface area contributed by atoms with Crippen LogP contribution in [0.15, 0.2) is 22.6 Å². The Bertz CT molecular complexity index is 516. The first kappa shape index (κ1) is 17.8. The van der Waals surface area contributed by atoms with Crippen LogP contribution < -0.4 is 5.32 Å². The maximum absolute atomic E-state index is 12.0. The van der Waals surface area contributed by atoms with E-state index in [0.29, 0.717) is 24.3 Å². The average Bonchev–Trinajstić information content (AvgIpc) is 2.95. The fraction of sp³-hybridized carbons (Fsp3) is 0.611. The van der Waals surface area contributed by atoms with Gasteiger partial charge in [-0.15, -0.1) is 0 Å². The summed E-state index contributed by atoms with van der Waals surface area (Å²) in [7, 11) is 0. The molecule has 1 unspecified atom stereocenters. The molecular formula is C18H28N2O3. The maximum Gasteiger partial charge on any atom is 0.244 e. The quantitative estimate of drug-likeness (QED) is 0.784. The summed E-state index contributed by atoms with van der Waals surface area (Å²) < 4.78 is 10.8. The van der Waals surface area contributed by atoms with Crippen LogP contribution in [0.4, 0.5) is 0 Å². The summed E-state index contributed by atoms with van der Waals surface area (Å²) in [6, 6.07) is 4.10. The van der Waals surface area contributed by atoms with E-state index in [1.54, 1.807) is 6.08 Å². The Hall–Kier alpha value is -1.59. The Morgan fingerprint density at radius 3 is 2.70 bits per heavy atom. The van der Waals surface area contributed by atoms with Crippen molar-refractivity contribution in [2.45, 2.75) is 33.2 Å². The summed E-state index contributed by atoms with van der Waals surface area (Å²) >= 11 is 0. The second-order valence-corrected chi connectivity index (χ2v) is 6.46. The SMILES string of the molecule is Cc1ccc(/C=C/C(=O)NCC(CC(C)C)N2CCOCC2)o1. The van der Waals surface area contributed by atoms with Gasteiger partial charge in [-0.05, 0) is 37.5 Å². The van der Waals surface area contributed by atoms with E-state index in [-0.39, 0.29) is 5.91 Å². The van der Waals surface area contributed by atoms with Crippen LogP contribution in [0, 0.1) is 12.8 Å². The van der Waals surface area contributed by atoms with E-state index in [1.807, 2.05) is 19.1 Å². The number of nitrogens with zero attached hydrogens (tertiary/aromatic N) is 1. The lowest BCUT2D eigenvalue weighted by Crippen LogP contribution is -2.49. The zero-order valence-corrected chi connectivity index (χ0v) is 14.4. The predicted octanol–water partition coefficient (Wildman–Crippen LogP) is 2.46. The molecule has 128 valence electrons. The van der Waals surface area contributed by atoms with Crippen LogP contribution in [0.1, 0.15) is 31.8 Å². The summed E-state index contributed by atoms with van der Waals surface area (Å²) in [6.07, 6.45) is 4.31. The lowest BCUT2D eigenvalue weighted by Gasteiger charge is -2.35. The highest BCUT2D eigenvalue weighted by atomic mass is 16.5. The van der Waals surface area contributed by atoms with Crippen LogP contribution >= 0.6 is 0 Å². The molecule has 2 rings (SSSR count). The standard InChI is InChI=1S/C18H28N2O3/c1-14(2)12-16(20-8-10-22-11-9-20)13-19-18(21)7-6-17-5-4-15(3)23-17/h4-7,14,16H,8-13H2,1-3H3,(H,19,21)/b7-6+. The van der Waals surface area contributed by atoms with E-state index in [2.05, 4.69) is 24.1 Å². The van der Waals surface area contributed by atoms with Crippen molar-refractivity contribution in [3.05, 3.63) is 29.7 Å². The van der Waals surface area contributed by atoms with Gasteiger partial charge in [0.25, 0.3) is 0 Å². The van der Waals surface area contributed by atoms with Gasteiger partial charge in [0.1, 0.15) is 11.5 Å². The summed E-state index contributed by atoms with van der Waals surface area (Å²) in [5, 5.41) is 3.01. The number of nitrogens with one attached hydrogen (secondary N) is 1. The molecule has 1 aromatic rings. The first-order valence-electron chi connectivity index (χ1n) is 8.38. The van der Waals surface area contributed by atoms with Crippen molar-refractivity contribution in [2.24, 2.45) is 5.92 Å². The molecule has 5 nitrogen and oxygen atoms in total. The number of hydrogen-bond donors (Lipinski definition) is 1. The van der Waals surface area contributed by atoms with Crippen LogP contribution in [0.2, 0.25) is 0 Å². The lowest BCUT2D eigenvalue weighted by molar-refractivity contribution is -0.116. The predicted molar refractivity (Wildman–Crippen MR) is 91.1 cm³/mol. The monoisotopic (exact) mass is 320 g/mol. The topological polar surface area (TPSA) is 54.7 Å². The van der Waals surface area contributed by atoms with Crippen LogP contribution in [0.25, 0.3) is 6.08 Å². The van der Waals surface area contributed by atoms with E-state index in [0.717, 1.165) is 38.5 Å². The molecule has 0 saturated carbocycles. The minimum absolute atomic E-state index is 0.0823. The number of rotatable bonds is 7. The van der Waals surface area contributed by atoms with E-state index in [1.165, 1.54) is 6.08 Å². The Morgan fingerprint density at radius 1 is 1.35 bits per heavy atom. The van der Waals surface area contributed by atoms with Gasteiger partial charge in [0, 0.05) is 31.8 Å². The van der Waals surface area contributed by atoms with E-state index in [9.17, 15) is 4.79 Å². The number of aryl methyl sites for hydroxylation is 1. The van der Waals surface area contributed by atoms with E-state index < -0.39 is 0 Å². The van der Waals surface area contributed by atoms with Crippen LogP contribution in [0.5, 0.6) is 0 Å². The van der Waals surface area contributed by atoms with Crippen LogP contribution in [-0.4, -0.2) is 49.7 Å². The van der Waals surface area contributed by atoms with Gasteiger partial charge in [-0.2, -0.15) is 0 Å². The molecule has 1 amide bonds. The molecule has 1 atom stereocenters. The van der Waals surface area contributed by atoms with Crippen molar-refractivity contribution in [2.75, 3.05) is 32.8 Å². The fourth-order valence-electron chi connectivity index (χ4n) is 2.83. The average molecular weight is 320 g/mol. The third-order valence-electron chi connectivity index (χ3n) is 3.98. The molecule has 0 aliphatic carbocycles. The minimum Gasteiger partial charge on any atom is -0.462 e. The van der Waals surface area contributed by atoms with Gasteiger partial charge in [0.05, 0.1) is 13.2 Å². The normalized spacial score (nSPS) is 17.7. The smallest absolute Gasteiger partial charge is 0.244 e.